The first-order valence-corrected chi connectivity index (χ1v) is 8.34. The summed E-state index contributed by atoms with van der Waals surface area (Å²) in [6.07, 6.45) is 3.16. The lowest BCUT2D eigenvalue weighted by atomic mass is 9.83. The van der Waals surface area contributed by atoms with Crippen molar-refractivity contribution < 1.29 is 4.79 Å². The number of hydrogen-bond acceptors (Lipinski definition) is 3. The molecule has 3 rings (SSSR count). The standard InChI is InChI=1S/C17H21NOS/c1-12(14-5-3-8-18-11-14)10-16(19)15-6-2-4-13-7-9-20-17(13)15/h2,4,6-7,9,12,14,18H,3,5,8,10-11H2,1H3. The van der Waals surface area contributed by atoms with Gasteiger partial charge in [0, 0.05) is 16.7 Å². The lowest BCUT2D eigenvalue weighted by Crippen LogP contribution is -2.34. The van der Waals surface area contributed by atoms with Crippen LogP contribution in [0.2, 0.25) is 0 Å². The zero-order valence-electron chi connectivity index (χ0n) is 11.9. The van der Waals surface area contributed by atoms with E-state index in [1.807, 2.05) is 12.1 Å². The van der Waals surface area contributed by atoms with Crippen LogP contribution in [-0.2, 0) is 0 Å². The van der Waals surface area contributed by atoms with Gasteiger partial charge in [0.15, 0.2) is 5.78 Å². The number of rotatable bonds is 4. The molecule has 2 nitrogen and oxygen atoms in total. The van der Waals surface area contributed by atoms with Gasteiger partial charge in [-0.05, 0) is 60.7 Å². The van der Waals surface area contributed by atoms with Crippen LogP contribution in [-0.4, -0.2) is 18.9 Å². The molecule has 1 aromatic carbocycles. The average molecular weight is 287 g/mol. The van der Waals surface area contributed by atoms with E-state index in [9.17, 15) is 4.79 Å². The minimum Gasteiger partial charge on any atom is -0.316 e. The van der Waals surface area contributed by atoms with E-state index in [1.54, 1.807) is 11.3 Å². The second-order valence-electron chi connectivity index (χ2n) is 5.86. The molecule has 1 fully saturated rings. The Labute approximate surface area is 124 Å². The molecule has 1 aliphatic rings. The second kappa shape index (κ2) is 6.06. The predicted octanol–water partition coefficient (Wildman–Crippen LogP) is 4.11. The Morgan fingerprint density at radius 3 is 3.15 bits per heavy atom. The van der Waals surface area contributed by atoms with Gasteiger partial charge in [-0.2, -0.15) is 0 Å². The fraction of sp³-hybridized carbons (Fsp3) is 0.471. The fourth-order valence-electron chi connectivity index (χ4n) is 3.15. The fourth-order valence-corrected chi connectivity index (χ4v) is 4.08. The van der Waals surface area contributed by atoms with Crippen LogP contribution in [0.3, 0.4) is 0 Å². The highest BCUT2D eigenvalue weighted by atomic mass is 32.1. The monoisotopic (exact) mass is 287 g/mol. The van der Waals surface area contributed by atoms with E-state index in [2.05, 4.69) is 29.8 Å². The van der Waals surface area contributed by atoms with Crippen LogP contribution in [0, 0.1) is 11.8 Å². The molecule has 0 saturated carbocycles. The summed E-state index contributed by atoms with van der Waals surface area (Å²) in [4.78, 5) is 12.6. The van der Waals surface area contributed by atoms with Crippen molar-refractivity contribution in [1.29, 1.82) is 0 Å². The van der Waals surface area contributed by atoms with Gasteiger partial charge in [0.2, 0.25) is 0 Å². The number of Topliss-reactive ketones (excluding diaryl/α,β-unsaturated/α-hetero) is 1. The highest BCUT2D eigenvalue weighted by Gasteiger charge is 2.23. The van der Waals surface area contributed by atoms with Gasteiger partial charge in [-0.15, -0.1) is 11.3 Å². The van der Waals surface area contributed by atoms with E-state index >= 15 is 0 Å². The zero-order chi connectivity index (χ0) is 13.9. The van der Waals surface area contributed by atoms with E-state index in [0.29, 0.717) is 24.0 Å². The summed E-state index contributed by atoms with van der Waals surface area (Å²) in [6.45, 7) is 4.42. The molecule has 106 valence electrons. The Balaban J connectivity index is 1.74. The van der Waals surface area contributed by atoms with Crippen molar-refractivity contribution in [3.63, 3.8) is 0 Å². The van der Waals surface area contributed by atoms with E-state index in [1.165, 1.54) is 18.2 Å². The Hall–Kier alpha value is -1.19. The van der Waals surface area contributed by atoms with Gasteiger partial charge < -0.3 is 5.32 Å². The van der Waals surface area contributed by atoms with Crippen LogP contribution in [0.4, 0.5) is 0 Å². The maximum atomic E-state index is 12.6. The number of nitrogens with one attached hydrogen (secondary N) is 1. The molecule has 0 radical (unpaired) electrons. The van der Waals surface area contributed by atoms with Crippen molar-refractivity contribution in [2.24, 2.45) is 11.8 Å². The molecule has 1 N–H and O–H groups in total. The molecule has 2 aromatic rings. The third-order valence-corrected chi connectivity index (χ3v) is 5.39. The number of ketones is 1. The minimum absolute atomic E-state index is 0.302. The molecule has 0 amide bonds. The molecular formula is C17H21NOS. The first-order chi connectivity index (χ1) is 9.75. The van der Waals surface area contributed by atoms with Crippen LogP contribution in [0.5, 0.6) is 0 Å². The number of thiophene rings is 1. The summed E-state index contributed by atoms with van der Waals surface area (Å²) in [5.74, 6) is 1.41. The largest absolute Gasteiger partial charge is 0.316 e. The van der Waals surface area contributed by atoms with Crippen molar-refractivity contribution in [2.75, 3.05) is 13.1 Å². The van der Waals surface area contributed by atoms with Gasteiger partial charge in [0.05, 0.1) is 0 Å². The van der Waals surface area contributed by atoms with Gasteiger partial charge >= 0.3 is 0 Å². The van der Waals surface area contributed by atoms with Crippen molar-refractivity contribution in [3.8, 4) is 0 Å². The highest BCUT2D eigenvalue weighted by Crippen LogP contribution is 2.29. The summed E-state index contributed by atoms with van der Waals surface area (Å²) in [6, 6.07) is 8.14. The van der Waals surface area contributed by atoms with Gasteiger partial charge in [-0.25, -0.2) is 0 Å². The lowest BCUT2D eigenvalue weighted by molar-refractivity contribution is 0.0944. The third kappa shape index (κ3) is 2.79. The molecule has 0 bridgehead atoms. The molecule has 0 spiro atoms. The number of fused-ring (bicyclic) bond motifs is 1. The zero-order valence-corrected chi connectivity index (χ0v) is 12.7. The van der Waals surface area contributed by atoms with Crippen LogP contribution in [0.15, 0.2) is 29.6 Å². The normalized spacial score (nSPS) is 20.9. The molecule has 1 aliphatic heterocycles. The van der Waals surface area contributed by atoms with E-state index < -0.39 is 0 Å². The van der Waals surface area contributed by atoms with Crippen molar-refractivity contribution in [1.82, 2.24) is 5.32 Å². The minimum atomic E-state index is 0.302. The first kappa shape index (κ1) is 13.8. The molecular weight excluding hydrogens is 266 g/mol. The lowest BCUT2D eigenvalue weighted by Gasteiger charge is -2.28. The van der Waals surface area contributed by atoms with Crippen LogP contribution < -0.4 is 5.32 Å². The SMILES string of the molecule is CC(CC(=O)c1cccc2ccsc12)C1CCCNC1. The molecule has 2 atom stereocenters. The molecule has 2 unspecified atom stereocenters. The average Bonchev–Trinajstić information content (AvgIpc) is 2.96. The van der Waals surface area contributed by atoms with E-state index in [0.717, 1.165) is 23.4 Å². The molecule has 3 heteroatoms. The molecule has 20 heavy (non-hydrogen) atoms. The Morgan fingerprint density at radius 1 is 1.45 bits per heavy atom. The van der Waals surface area contributed by atoms with Crippen molar-refractivity contribution in [3.05, 3.63) is 35.2 Å². The Morgan fingerprint density at radius 2 is 2.35 bits per heavy atom. The first-order valence-electron chi connectivity index (χ1n) is 7.46. The number of piperidine rings is 1. The third-order valence-electron chi connectivity index (χ3n) is 4.43. The van der Waals surface area contributed by atoms with E-state index in [-0.39, 0.29) is 0 Å². The Kier molecular flexibility index (Phi) is 4.18. The molecule has 1 aromatic heterocycles. The number of carbonyl (C=O) groups excluding carboxylic acids is 1. The summed E-state index contributed by atoms with van der Waals surface area (Å²) >= 11 is 1.67. The molecule has 1 saturated heterocycles. The number of carbonyl (C=O) groups is 1. The van der Waals surface area contributed by atoms with Gasteiger partial charge in [-0.3, -0.25) is 4.79 Å². The van der Waals surface area contributed by atoms with Gasteiger partial charge in [0.25, 0.3) is 0 Å². The smallest absolute Gasteiger partial charge is 0.164 e. The maximum Gasteiger partial charge on any atom is 0.164 e. The van der Waals surface area contributed by atoms with Crippen LogP contribution in [0.1, 0.15) is 36.5 Å². The van der Waals surface area contributed by atoms with Crippen molar-refractivity contribution in [2.45, 2.75) is 26.2 Å². The quantitative estimate of drug-likeness (QED) is 0.857. The number of benzene rings is 1. The molecule has 2 heterocycles. The predicted molar refractivity (Wildman–Crippen MR) is 85.5 cm³/mol. The summed E-state index contributed by atoms with van der Waals surface area (Å²) < 4.78 is 1.14. The van der Waals surface area contributed by atoms with E-state index in [4.69, 9.17) is 0 Å². The second-order valence-corrected chi connectivity index (χ2v) is 6.77. The number of hydrogen-bond donors (Lipinski definition) is 1. The van der Waals surface area contributed by atoms with Crippen molar-refractivity contribution >= 4 is 27.2 Å². The van der Waals surface area contributed by atoms with Gasteiger partial charge in [-0.1, -0.05) is 19.1 Å². The van der Waals surface area contributed by atoms with Gasteiger partial charge in [0.1, 0.15) is 0 Å². The highest BCUT2D eigenvalue weighted by molar-refractivity contribution is 7.17. The van der Waals surface area contributed by atoms with Crippen LogP contribution >= 0.6 is 11.3 Å². The maximum absolute atomic E-state index is 12.6. The topological polar surface area (TPSA) is 29.1 Å². The summed E-state index contributed by atoms with van der Waals surface area (Å²) in [5.41, 5.74) is 0.910. The molecule has 0 aliphatic carbocycles. The summed E-state index contributed by atoms with van der Waals surface area (Å²) in [7, 11) is 0. The Bertz CT molecular complexity index is 598. The van der Waals surface area contributed by atoms with Crippen LogP contribution in [0.25, 0.3) is 10.1 Å². The summed E-state index contributed by atoms with van der Waals surface area (Å²) in [5, 5.41) is 6.70.